The van der Waals surface area contributed by atoms with Crippen LogP contribution in [-0.2, 0) is 9.59 Å². The van der Waals surface area contributed by atoms with E-state index < -0.39 is 17.6 Å². The van der Waals surface area contributed by atoms with E-state index in [1.54, 1.807) is 48.5 Å². The Kier molecular flexibility index (Phi) is 7.06. The lowest BCUT2D eigenvalue weighted by atomic mass is 10.2. The fraction of sp³-hybridized carbons (Fsp3) is 0.0333. The SMILES string of the molecule is Cc1ccc(NC2=C(Sc3ccc(NC(=O)c4ccc(F)cc4)cc3)C(=O)N(c3ccccc3)C2=O)cc1. The monoisotopic (exact) mass is 523 g/mol. The van der Waals surface area contributed by atoms with Crippen LogP contribution in [0.4, 0.5) is 21.5 Å². The standard InChI is InChI=1S/C30H22FN3O3S/c1-19-7-13-22(14-8-19)32-26-27(30(37)34(29(26)36)24-5-3-2-4-6-24)38-25-17-15-23(16-18-25)33-28(35)20-9-11-21(31)12-10-20/h2-18,32H,1H3,(H,33,35). The molecule has 4 aromatic rings. The summed E-state index contributed by atoms with van der Waals surface area (Å²) in [5.74, 6) is -1.64. The summed E-state index contributed by atoms with van der Waals surface area (Å²) in [5, 5.41) is 5.91. The van der Waals surface area contributed by atoms with E-state index in [2.05, 4.69) is 10.6 Å². The molecule has 0 aliphatic carbocycles. The van der Waals surface area contributed by atoms with Gasteiger partial charge in [-0.2, -0.15) is 0 Å². The van der Waals surface area contributed by atoms with Crippen LogP contribution in [0.25, 0.3) is 0 Å². The molecule has 8 heteroatoms. The maximum atomic E-state index is 13.5. The normalized spacial score (nSPS) is 13.2. The van der Waals surface area contributed by atoms with Crippen molar-refractivity contribution in [2.45, 2.75) is 11.8 Å². The molecular formula is C30H22FN3O3S. The Bertz CT molecular complexity index is 1530. The molecule has 1 aliphatic heterocycles. The summed E-state index contributed by atoms with van der Waals surface area (Å²) in [7, 11) is 0. The van der Waals surface area contributed by atoms with Gasteiger partial charge in [0.05, 0.1) is 5.69 Å². The molecule has 0 spiro atoms. The molecule has 6 nitrogen and oxygen atoms in total. The van der Waals surface area contributed by atoms with E-state index in [0.29, 0.717) is 27.5 Å². The predicted octanol–water partition coefficient (Wildman–Crippen LogP) is 6.38. The van der Waals surface area contributed by atoms with Gasteiger partial charge in [0.25, 0.3) is 17.7 Å². The molecule has 0 unspecified atom stereocenters. The van der Waals surface area contributed by atoms with Crippen LogP contribution >= 0.6 is 11.8 Å². The quantitative estimate of drug-likeness (QED) is 0.275. The van der Waals surface area contributed by atoms with Crippen LogP contribution in [0, 0.1) is 12.7 Å². The first-order chi connectivity index (χ1) is 18.4. The molecule has 3 amide bonds. The molecule has 0 saturated carbocycles. The molecule has 1 heterocycles. The van der Waals surface area contributed by atoms with Crippen molar-refractivity contribution in [2.75, 3.05) is 15.5 Å². The number of thioether (sulfide) groups is 1. The first-order valence-electron chi connectivity index (χ1n) is 11.8. The molecule has 0 atom stereocenters. The number of rotatable bonds is 7. The zero-order valence-electron chi connectivity index (χ0n) is 20.3. The molecule has 188 valence electrons. The molecule has 4 aromatic carbocycles. The molecular weight excluding hydrogens is 501 g/mol. The molecule has 0 fully saturated rings. The Hall–Kier alpha value is -4.69. The number of amides is 3. The topological polar surface area (TPSA) is 78.5 Å². The molecule has 0 aromatic heterocycles. The number of carbonyl (C=O) groups is 3. The van der Waals surface area contributed by atoms with Crippen molar-refractivity contribution < 1.29 is 18.8 Å². The zero-order valence-corrected chi connectivity index (χ0v) is 21.1. The predicted molar refractivity (Wildman–Crippen MR) is 147 cm³/mol. The molecule has 0 radical (unpaired) electrons. The number of nitrogens with zero attached hydrogens (tertiary/aromatic N) is 1. The highest BCUT2D eigenvalue weighted by Crippen LogP contribution is 2.38. The highest BCUT2D eigenvalue weighted by Gasteiger charge is 2.40. The highest BCUT2D eigenvalue weighted by atomic mass is 32.2. The fourth-order valence-corrected chi connectivity index (χ4v) is 4.76. The molecule has 38 heavy (non-hydrogen) atoms. The summed E-state index contributed by atoms with van der Waals surface area (Å²) in [6, 6.07) is 28.5. The van der Waals surface area contributed by atoms with Gasteiger partial charge in [-0.05, 0) is 79.7 Å². The Morgan fingerprint density at radius 3 is 2.05 bits per heavy atom. The largest absolute Gasteiger partial charge is 0.350 e. The fourth-order valence-electron chi connectivity index (χ4n) is 3.84. The summed E-state index contributed by atoms with van der Waals surface area (Å²) in [6.45, 7) is 1.97. The molecule has 1 aliphatic rings. The Labute approximate surface area is 223 Å². The maximum Gasteiger partial charge on any atom is 0.283 e. The van der Waals surface area contributed by atoms with Crippen LogP contribution in [0.15, 0.2) is 119 Å². The van der Waals surface area contributed by atoms with Gasteiger partial charge in [-0.25, -0.2) is 9.29 Å². The molecule has 0 bridgehead atoms. The van der Waals surface area contributed by atoms with Crippen molar-refractivity contribution in [1.29, 1.82) is 0 Å². The first-order valence-corrected chi connectivity index (χ1v) is 12.6. The lowest BCUT2D eigenvalue weighted by molar-refractivity contribution is -0.120. The van der Waals surface area contributed by atoms with Gasteiger partial charge in [0.2, 0.25) is 0 Å². The summed E-state index contributed by atoms with van der Waals surface area (Å²) >= 11 is 1.17. The lowest BCUT2D eigenvalue weighted by Gasteiger charge is -2.15. The van der Waals surface area contributed by atoms with E-state index in [9.17, 15) is 18.8 Å². The number of hydrogen-bond donors (Lipinski definition) is 2. The summed E-state index contributed by atoms with van der Waals surface area (Å²) in [6.07, 6.45) is 0. The second-order valence-corrected chi connectivity index (χ2v) is 9.65. The number of para-hydroxylation sites is 1. The van der Waals surface area contributed by atoms with Crippen LogP contribution in [0.5, 0.6) is 0 Å². The second kappa shape index (κ2) is 10.7. The van der Waals surface area contributed by atoms with Crippen LogP contribution in [-0.4, -0.2) is 17.7 Å². The van der Waals surface area contributed by atoms with Crippen molar-refractivity contribution in [3.05, 3.63) is 131 Å². The molecule has 2 N–H and O–H groups in total. The third kappa shape index (κ3) is 5.35. The van der Waals surface area contributed by atoms with Crippen LogP contribution in [0.2, 0.25) is 0 Å². The van der Waals surface area contributed by atoms with Gasteiger partial charge in [-0.1, -0.05) is 47.7 Å². The van der Waals surface area contributed by atoms with Crippen molar-refractivity contribution in [1.82, 2.24) is 0 Å². The molecule has 0 saturated heterocycles. The minimum absolute atomic E-state index is 0.196. The number of aryl methyl sites for hydroxylation is 1. The minimum atomic E-state index is -0.438. The molecule has 5 rings (SSSR count). The zero-order chi connectivity index (χ0) is 26.6. The third-order valence-electron chi connectivity index (χ3n) is 5.82. The van der Waals surface area contributed by atoms with Gasteiger partial charge in [-0.15, -0.1) is 0 Å². The van der Waals surface area contributed by atoms with Crippen molar-refractivity contribution >= 4 is 46.5 Å². The van der Waals surface area contributed by atoms with Gasteiger partial charge in [0.1, 0.15) is 16.4 Å². The summed E-state index contributed by atoms with van der Waals surface area (Å²) < 4.78 is 13.1. The van der Waals surface area contributed by atoms with Crippen molar-refractivity contribution in [3.63, 3.8) is 0 Å². The van der Waals surface area contributed by atoms with Gasteiger partial charge in [0, 0.05) is 21.8 Å². The van der Waals surface area contributed by atoms with Gasteiger partial charge in [-0.3, -0.25) is 14.4 Å². The summed E-state index contributed by atoms with van der Waals surface area (Å²) in [5.41, 5.74) is 3.32. The van der Waals surface area contributed by atoms with E-state index in [1.165, 1.54) is 36.0 Å². The van der Waals surface area contributed by atoms with Gasteiger partial charge >= 0.3 is 0 Å². The van der Waals surface area contributed by atoms with Crippen LogP contribution in [0.3, 0.4) is 0 Å². The Morgan fingerprint density at radius 2 is 1.39 bits per heavy atom. The number of hydrogen-bond acceptors (Lipinski definition) is 5. The minimum Gasteiger partial charge on any atom is -0.350 e. The number of anilines is 3. The maximum absolute atomic E-state index is 13.5. The number of carbonyl (C=O) groups excluding carboxylic acids is 3. The number of halogens is 1. The van der Waals surface area contributed by atoms with Gasteiger partial charge in [0.15, 0.2) is 0 Å². The number of imide groups is 1. The highest BCUT2D eigenvalue weighted by molar-refractivity contribution is 8.04. The van der Waals surface area contributed by atoms with Crippen LogP contribution < -0.4 is 15.5 Å². The smallest absolute Gasteiger partial charge is 0.283 e. The van der Waals surface area contributed by atoms with Crippen LogP contribution in [0.1, 0.15) is 15.9 Å². The van der Waals surface area contributed by atoms with E-state index in [1.807, 2.05) is 37.3 Å². The van der Waals surface area contributed by atoms with Crippen molar-refractivity contribution in [3.8, 4) is 0 Å². The second-order valence-electron chi connectivity index (χ2n) is 8.56. The third-order valence-corrected chi connectivity index (χ3v) is 6.91. The van der Waals surface area contributed by atoms with E-state index in [-0.39, 0.29) is 16.5 Å². The average Bonchev–Trinajstić information content (AvgIpc) is 3.15. The average molecular weight is 524 g/mol. The Morgan fingerprint density at radius 1 is 0.763 bits per heavy atom. The van der Waals surface area contributed by atoms with Gasteiger partial charge < -0.3 is 10.6 Å². The van der Waals surface area contributed by atoms with Crippen molar-refractivity contribution in [2.24, 2.45) is 0 Å². The summed E-state index contributed by atoms with van der Waals surface area (Å²) in [4.78, 5) is 41.5. The Balaban J connectivity index is 1.39. The lowest BCUT2D eigenvalue weighted by Crippen LogP contribution is -2.32. The van der Waals surface area contributed by atoms with E-state index in [4.69, 9.17) is 0 Å². The number of benzene rings is 4. The number of nitrogens with one attached hydrogen (secondary N) is 2. The first kappa shape index (κ1) is 25.0. The van der Waals surface area contributed by atoms with E-state index >= 15 is 0 Å². The van der Waals surface area contributed by atoms with E-state index in [0.717, 1.165) is 10.5 Å².